The summed E-state index contributed by atoms with van der Waals surface area (Å²) < 4.78 is 20.3. The minimum absolute atomic E-state index is 0. The van der Waals surface area contributed by atoms with E-state index in [1.165, 1.54) is 0 Å². The predicted octanol–water partition coefficient (Wildman–Crippen LogP) is -11.7. The SMILES string of the molecule is CN(CP(=O)([O-])[O-])CP(=O)([O-])O.[Na+].[Na+].[Na+]. The topological polar surface area (TPSA) is 127 Å². The second-order valence-electron chi connectivity index (χ2n) is 2.39. The molecule has 0 saturated carbocycles. The molecule has 15 heavy (non-hydrogen) atoms. The predicted molar refractivity (Wildman–Crippen MR) is 34.9 cm³/mol. The summed E-state index contributed by atoms with van der Waals surface area (Å²) in [7, 11) is -8.18. The monoisotopic (exact) mass is 285 g/mol. The van der Waals surface area contributed by atoms with Crippen molar-refractivity contribution < 1.29 is 117 Å². The molecular formula is C3H8NNa3O6P2. The van der Waals surface area contributed by atoms with Crippen LogP contribution in [0, 0.1) is 0 Å². The van der Waals surface area contributed by atoms with E-state index in [1.54, 1.807) is 0 Å². The van der Waals surface area contributed by atoms with Gasteiger partial charge in [0.15, 0.2) is 0 Å². The molecule has 0 aliphatic carbocycles. The first-order valence-electron chi connectivity index (χ1n) is 2.82. The molecule has 0 spiro atoms. The molecule has 1 N–H and O–H groups in total. The number of hydrogen-bond donors (Lipinski definition) is 1. The van der Waals surface area contributed by atoms with Gasteiger partial charge in [-0.15, -0.1) is 0 Å². The third kappa shape index (κ3) is 22.9. The maximum Gasteiger partial charge on any atom is 1.00 e. The molecule has 1 atom stereocenters. The van der Waals surface area contributed by atoms with Crippen molar-refractivity contribution >= 4 is 15.2 Å². The van der Waals surface area contributed by atoms with Gasteiger partial charge in [-0.25, -0.2) is 0 Å². The Labute approximate surface area is 155 Å². The molecule has 0 amide bonds. The Morgan fingerprint density at radius 1 is 1.07 bits per heavy atom. The van der Waals surface area contributed by atoms with E-state index in [0.29, 0.717) is 4.90 Å². The summed E-state index contributed by atoms with van der Waals surface area (Å²) >= 11 is 0. The van der Waals surface area contributed by atoms with Gasteiger partial charge in [-0.2, -0.15) is 0 Å². The van der Waals surface area contributed by atoms with Gasteiger partial charge >= 0.3 is 88.7 Å². The van der Waals surface area contributed by atoms with E-state index < -0.39 is 27.8 Å². The summed E-state index contributed by atoms with van der Waals surface area (Å²) in [4.78, 5) is 39.3. The Hall–Kier alpha value is 3.26. The molecule has 0 fully saturated rings. The van der Waals surface area contributed by atoms with Crippen LogP contribution in [-0.4, -0.2) is 29.4 Å². The van der Waals surface area contributed by atoms with Crippen molar-refractivity contribution in [3.63, 3.8) is 0 Å². The molecule has 7 nitrogen and oxygen atoms in total. The second kappa shape index (κ2) is 11.1. The standard InChI is InChI=1S/C3H11NO6P2.3Na/c1-4(2-11(5,6)7)3-12(8,9)10;;;/h2-3H2,1H3,(H2,5,6,7)(H2,8,9,10);;;/q;3*+1/p-3. The first-order chi connectivity index (χ1) is 5.10. The van der Waals surface area contributed by atoms with Crippen LogP contribution in [0.2, 0.25) is 0 Å². The summed E-state index contributed by atoms with van der Waals surface area (Å²) in [6.45, 7) is 0. The molecule has 0 heterocycles. The van der Waals surface area contributed by atoms with E-state index in [2.05, 4.69) is 0 Å². The Morgan fingerprint density at radius 2 is 1.40 bits per heavy atom. The van der Waals surface area contributed by atoms with Crippen LogP contribution in [0.3, 0.4) is 0 Å². The van der Waals surface area contributed by atoms with Crippen LogP contribution in [0.5, 0.6) is 0 Å². The van der Waals surface area contributed by atoms with E-state index in [4.69, 9.17) is 4.89 Å². The van der Waals surface area contributed by atoms with Gasteiger partial charge in [-0.1, -0.05) is 7.60 Å². The fraction of sp³-hybridized carbons (Fsp3) is 1.00. The quantitative estimate of drug-likeness (QED) is 0.401. The number of hydrogen-bond acceptors (Lipinski definition) is 6. The Bertz CT molecular complexity index is 216. The van der Waals surface area contributed by atoms with Crippen LogP contribution in [-0.2, 0) is 9.13 Å². The fourth-order valence-electron chi connectivity index (χ4n) is 0.645. The van der Waals surface area contributed by atoms with Crippen molar-refractivity contribution in [3.8, 4) is 0 Å². The van der Waals surface area contributed by atoms with E-state index >= 15 is 0 Å². The van der Waals surface area contributed by atoms with E-state index in [-0.39, 0.29) is 88.7 Å². The minimum atomic E-state index is -4.75. The van der Waals surface area contributed by atoms with Gasteiger partial charge in [0, 0.05) is 6.29 Å². The molecule has 0 aromatic rings. The van der Waals surface area contributed by atoms with Crippen molar-refractivity contribution in [1.82, 2.24) is 4.90 Å². The van der Waals surface area contributed by atoms with Crippen LogP contribution in [0.1, 0.15) is 0 Å². The normalized spacial score (nSPS) is 14.3. The molecule has 12 heteroatoms. The molecule has 0 aromatic carbocycles. The molecular weight excluding hydrogens is 277 g/mol. The molecule has 0 radical (unpaired) electrons. The van der Waals surface area contributed by atoms with Crippen molar-refractivity contribution in [3.05, 3.63) is 0 Å². The fourth-order valence-corrected chi connectivity index (χ4v) is 2.20. The zero-order chi connectivity index (χ0) is 9.99. The van der Waals surface area contributed by atoms with E-state index in [0.717, 1.165) is 7.05 Å². The van der Waals surface area contributed by atoms with Crippen molar-refractivity contribution in [2.75, 3.05) is 19.6 Å². The molecule has 0 aliphatic heterocycles. The summed E-state index contributed by atoms with van der Waals surface area (Å²) in [5.41, 5.74) is 0. The van der Waals surface area contributed by atoms with Crippen molar-refractivity contribution in [1.29, 1.82) is 0 Å². The Morgan fingerprint density at radius 3 is 1.60 bits per heavy atom. The number of rotatable bonds is 4. The van der Waals surface area contributed by atoms with Gasteiger partial charge in [-0.3, -0.25) is 4.90 Å². The van der Waals surface area contributed by atoms with Gasteiger partial charge in [0.1, 0.15) is 7.60 Å². The van der Waals surface area contributed by atoms with Crippen LogP contribution in [0.15, 0.2) is 0 Å². The molecule has 0 saturated heterocycles. The molecule has 0 aliphatic rings. The Kier molecular flexibility index (Phi) is 19.8. The molecule has 0 rings (SSSR count). The maximum atomic E-state index is 10.2. The van der Waals surface area contributed by atoms with Crippen LogP contribution >= 0.6 is 15.2 Å². The van der Waals surface area contributed by atoms with Gasteiger partial charge in [0.2, 0.25) is 0 Å². The first-order valence-corrected chi connectivity index (χ1v) is 6.32. The zero-order valence-corrected chi connectivity index (χ0v) is 17.0. The molecule has 1 unspecified atom stereocenters. The summed E-state index contributed by atoms with van der Waals surface area (Å²) in [5, 5.41) is 0. The first kappa shape index (κ1) is 26.8. The van der Waals surface area contributed by atoms with Gasteiger partial charge in [-0.05, 0) is 7.05 Å². The second-order valence-corrected chi connectivity index (χ2v) is 5.45. The average Bonchev–Trinajstić information content (AvgIpc) is 1.49. The van der Waals surface area contributed by atoms with Crippen LogP contribution in [0.25, 0.3) is 0 Å². The average molecular weight is 285 g/mol. The van der Waals surface area contributed by atoms with Gasteiger partial charge in [0.05, 0.1) is 6.29 Å². The van der Waals surface area contributed by atoms with E-state index in [1.807, 2.05) is 0 Å². The molecule has 74 valence electrons. The van der Waals surface area contributed by atoms with Gasteiger partial charge in [0.25, 0.3) is 0 Å². The van der Waals surface area contributed by atoms with Gasteiger partial charge < -0.3 is 28.7 Å². The Balaban J connectivity index is -0.000000202. The largest absolute Gasteiger partial charge is 1.00 e. The smallest absolute Gasteiger partial charge is 0.810 e. The van der Waals surface area contributed by atoms with E-state index in [9.17, 15) is 23.8 Å². The molecule has 0 aromatic heterocycles. The number of nitrogens with zero attached hydrogens (tertiary/aromatic N) is 1. The summed E-state index contributed by atoms with van der Waals surface area (Å²) in [6, 6.07) is 0. The summed E-state index contributed by atoms with van der Waals surface area (Å²) in [6.07, 6.45) is -1.76. The summed E-state index contributed by atoms with van der Waals surface area (Å²) in [5.74, 6) is 0. The maximum absolute atomic E-state index is 10.2. The third-order valence-corrected chi connectivity index (χ3v) is 2.50. The van der Waals surface area contributed by atoms with Crippen molar-refractivity contribution in [2.24, 2.45) is 0 Å². The minimum Gasteiger partial charge on any atom is -0.810 e. The third-order valence-electron chi connectivity index (χ3n) is 0.835. The zero-order valence-electron chi connectivity index (χ0n) is 9.24. The van der Waals surface area contributed by atoms with Crippen LogP contribution in [0.4, 0.5) is 0 Å². The van der Waals surface area contributed by atoms with Crippen LogP contribution < -0.4 is 103 Å². The molecule has 0 bridgehead atoms. The van der Waals surface area contributed by atoms with Crippen molar-refractivity contribution in [2.45, 2.75) is 0 Å².